The molecule has 33 heavy (non-hydrogen) atoms. The molecule has 3 atom stereocenters. The van der Waals surface area contributed by atoms with Gasteiger partial charge in [-0.1, -0.05) is 24.6 Å². The van der Waals surface area contributed by atoms with Crippen molar-refractivity contribution in [1.29, 1.82) is 5.41 Å². The molecule has 0 aliphatic carbocycles. The summed E-state index contributed by atoms with van der Waals surface area (Å²) in [5, 5.41) is 6.98. The van der Waals surface area contributed by atoms with Crippen molar-refractivity contribution in [1.82, 2.24) is 15.0 Å². The molecule has 0 saturated carbocycles. The van der Waals surface area contributed by atoms with Crippen LogP contribution in [0.1, 0.15) is 31.0 Å². The molecule has 1 fully saturated rings. The summed E-state index contributed by atoms with van der Waals surface area (Å²) in [6.45, 7) is 2.35. The first kappa shape index (κ1) is 24.7. The summed E-state index contributed by atoms with van der Waals surface area (Å²) < 4.78 is 63.1. The molecule has 3 aromatic rings. The number of benzene rings is 1. The normalized spacial score (nSPS) is 22.7. The number of aromatic amines is 1. The first-order chi connectivity index (χ1) is 15.4. The van der Waals surface area contributed by atoms with Crippen molar-refractivity contribution in [3.63, 3.8) is 0 Å². The van der Waals surface area contributed by atoms with Gasteiger partial charge in [0.1, 0.15) is 33.6 Å². The van der Waals surface area contributed by atoms with Crippen LogP contribution in [0.15, 0.2) is 30.7 Å². The van der Waals surface area contributed by atoms with Gasteiger partial charge in [0.15, 0.2) is 5.60 Å². The van der Waals surface area contributed by atoms with E-state index in [2.05, 4.69) is 15.0 Å². The summed E-state index contributed by atoms with van der Waals surface area (Å²) in [5.74, 6) is -2.11. The van der Waals surface area contributed by atoms with Gasteiger partial charge in [0.25, 0.3) is 0 Å². The van der Waals surface area contributed by atoms with Gasteiger partial charge in [0.2, 0.25) is 0 Å². The molecule has 0 amide bonds. The van der Waals surface area contributed by atoms with Crippen molar-refractivity contribution in [2.75, 3.05) is 13.7 Å². The Hall–Kier alpha value is -2.92. The highest BCUT2D eigenvalue weighted by Crippen LogP contribution is 2.52. The number of halogens is 5. The fourth-order valence-electron chi connectivity index (χ4n) is 3.73. The van der Waals surface area contributed by atoms with Crippen LogP contribution in [0.2, 0.25) is 5.02 Å². The monoisotopic (exact) mass is 487 g/mol. The third kappa shape index (κ3) is 4.47. The maximum atomic E-state index is 13.4. The summed E-state index contributed by atoms with van der Waals surface area (Å²) >= 11 is 5.82. The molecular weight excluding hydrogens is 466 g/mol. The Kier molecular flexibility index (Phi) is 6.85. The molecule has 1 aromatic carbocycles. The molecule has 4 N–H and O–H groups in total. The molecular formula is C21H22ClF4N5O2. The van der Waals surface area contributed by atoms with Crippen LogP contribution in [0.5, 0.6) is 5.75 Å². The standard InChI is InChI=1S/C14H15ClF4O2.C7H7N5/c1-7-9(6-21-13(7,2)14(17,18)19)8-4-5-10(16)11(15)12(8)20-3;8-7(9)6-5-4(1-2-10-6)11-3-12-5/h4-5,7,9H,6H2,1-3H3;1-3H,(H3,8,9)(H,11,12)/t7?,9?,13-;/m1./s1. The van der Waals surface area contributed by atoms with E-state index in [0.29, 0.717) is 16.8 Å². The second kappa shape index (κ2) is 9.14. The average Bonchev–Trinajstić information content (AvgIpc) is 3.35. The molecule has 2 unspecified atom stereocenters. The van der Waals surface area contributed by atoms with Crippen LogP contribution in [0, 0.1) is 17.1 Å². The third-order valence-electron chi connectivity index (χ3n) is 5.88. The first-order valence-corrected chi connectivity index (χ1v) is 10.1. The molecule has 0 spiro atoms. The maximum absolute atomic E-state index is 13.4. The summed E-state index contributed by atoms with van der Waals surface area (Å²) in [6, 6.07) is 4.30. The number of nitrogens with two attached hydrogens (primary N) is 1. The lowest BCUT2D eigenvalue weighted by molar-refractivity contribution is -0.266. The van der Waals surface area contributed by atoms with Crippen molar-refractivity contribution in [3.05, 3.63) is 52.8 Å². The van der Waals surface area contributed by atoms with E-state index in [1.165, 1.54) is 20.1 Å². The second-order valence-electron chi connectivity index (χ2n) is 7.67. The van der Waals surface area contributed by atoms with Gasteiger partial charge in [0.05, 0.1) is 25.6 Å². The number of methoxy groups -OCH3 is 1. The molecule has 0 bridgehead atoms. The number of nitrogens with zero attached hydrogens (tertiary/aromatic N) is 2. The number of nitrogens with one attached hydrogen (secondary N) is 2. The molecule has 1 aliphatic rings. The topological polar surface area (TPSA) is 110 Å². The summed E-state index contributed by atoms with van der Waals surface area (Å²) in [7, 11) is 1.30. The molecule has 12 heteroatoms. The van der Waals surface area contributed by atoms with Crippen molar-refractivity contribution in [2.45, 2.75) is 31.5 Å². The van der Waals surface area contributed by atoms with Crippen molar-refractivity contribution in [3.8, 4) is 5.75 Å². The maximum Gasteiger partial charge on any atom is 0.417 e. The first-order valence-electron chi connectivity index (χ1n) is 9.77. The van der Waals surface area contributed by atoms with E-state index >= 15 is 0 Å². The minimum atomic E-state index is -4.49. The molecule has 2 aromatic heterocycles. The fraction of sp³-hybridized carbons (Fsp3) is 0.381. The number of aromatic nitrogens is 3. The number of ether oxygens (including phenoxy) is 2. The van der Waals surface area contributed by atoms with Crippen molar-refractivity contribution in [2.24, 2.45) is 11.7 Å². The molecule has 178 valence electrons. The number of hydrogen-bond donors (Lipinski definition) is 3. The van der Waals surface area contributed by atoms with Crippen LogP contribution in [0.3, 0.4) is 0 Å². The largest absolute Gasteiger partial charge is 0.495 e. The zero-order valence-electron chi connectivity index (χ0n) is 17.9. The number of rotatable bonds is 3. The summed E-state index contributed by atoms with van der Waals surface area (Å²) in [4.78, 5) is 10.9. The fourth-order valence-corrected chi connectivity index (χ4v) is 3.98. The van der Waals surface area contributed by atoms with Gasteiger partial charge in [-0.3, -0.25) is 10.4 Å². The predicted molar refractivity (Wildman–Crippen MR) is 115 cm³/mol. The molecule has 7 nitrogen and oxygen atoms in total. The third-order valence-corrected chi connectivity index (χ3v) is 6.23. The number of pyridine rings is 1. The number of hydrogen-bond acceptors (Lipinski definition) is 5. The zero-order valence-corrected chi connectivity index (χ0v) is 18.7. The van der Waals surface area contributed by atoms with Crippen LogP contribution < -0.4 is 10.5 Å². The number of imidazole rings is 1. The second-order valence-corrected chi connectivity index (χ2v) is 8.04. The zero-order chi connectivity index (χ0) is 24.6. The number of nitrogen functional groups attached to an aromatic ring is 1. The molecule has 4 rings (SSSR count). The van der Waals surface area contributed by atoms with Crippen molar-refractivity contribution >= 4 is 28.5 Å². The van der Waals surface area contributed by atoms with Crippen LogP contribution in [0.4, 0.5) is 17.6 Å². The number of H-pyrrole nitrogens is 1. The van der Waals surface area contributed by atoms with Crippen LogP contribution in [-0.4, -0.2) is 46.3 Å². The highest BCUT2D eigenvalue weighted by Gasteiger charge is 2.61. The quantitative estimate of drug-likeness (QED) is 0.279. The van der Waals surface area contributed by atoms with Gasteiger partial charge >= 0.3 is 6.18 Å². The minimum absolute atomic E-state index is 0.0588. The Balaban J connectivity index is 0.000000215. The van der Waals surface area contributed by atoms with Gasteiger partial charge in [-0.05, 0) is 19.1 Å². The highest BCUT2D eigenvalue weighted by atomic mass is 35.5. The Morgan fingerprint density at radius 2 is 2.03 bits per heavy atom. The lowest BCUT2D eigenvalue weighted by atomic mass is 9.79. The lowest BCUT2D eigenvalue weighted by Crippen LogP contribution is -2.46. The SMILES string of the molecule is COc1c(C2CO[C@@](C)(C(F)(F)F)C2C)ccc(F)c1Cl.N=C(N)c1nccc2[nH]cnc12. The van der Waals surface area contributed by atoms with Gasteiger partial charge in [0, 0.05) is 23.6 Å². The van der Waals surface area contributed by atoms with Crippen LogP contribution >= 0.6 is 11.6 Å². The van der Waals surface area contributed by atoms with Gasteiger partial charge in [-0.2, -0.15) is 13.2 Å². The molecule has 0 radical (unpaired) electrons. The number of fused-ring (bicyclic) bond motifs is 1. The van der Waals surface area contributed by atoms with E-state index in [1.807, 2.05) is 0 Å². The Morgan fingerprint density at radius 3 is 2.61 bits per heavy atom. The van der Waals surface area contributed by atoms with E-state index in [4.69, 9.17) is 32.2 Å². The number of amidine groups is 1. The Morgan fingerprint density at radius 1 is 1.33 bits per heavy atom. The van der Waals surface area contributed by atoms with E-state index in [9.17, 15) is 17.6 Å². The van der Waals surface area contributed by atoms with E-state index < -0.39 is 29.4 Å². The smallest absolute Gasteiger partial charge is 0.417 e. The van der Waals surface area contributed by atoms with Gasteiger partial charge in [-0.15, -0.1) is 0 Å². The molecule has 1 saturated heterocycles. The van der Waals surface area contributed by atoms with Gasteiger partial charge in [-0.25, -0.2) is 9.37 Å². The van der Waals surface area contributed by atoms with E-state index in [0.717, 1.165) is 18.5 Å². The Bertz CT molecular complexity index is 1170. The lowest BCUT2D eigenvalue weighted by Gasteiger charge is -2.32. The van der Waals surface area contributed by atoms with Gasteiger partial charge < -0.3 is 20.2 Å². The summed E-state index contributed by atoms with van der Waals surface area (Å²) in [5.41, 5.74) is 5.39. The number of alkyl halides is 3. The predicted octanol–water partition coefficient (Wildman–Crippen LogP) is 4.80. The summed E-state index contributed by atoms with van der Waals surface area (Å²) in [6.07, 6.45) is -1.34. The van der Waals surface area contributed by atoms with E-state index in [-0.39, 0.29) is 23.2 Å². The van der Waals surface area contributed by atoms with Crippen LogP contribution in [0.25, 0.3) is 11.0 Å². The van der Waals surface area contributed by atoms with E-state index in [1.54, 1.807) is 18.6 Å². The Labute approximate surface area is 191 Å². The average molecular weight is 488 g/mol. The van der Waals surface area contributed by atoms with Crippen molar-refractivity contribution < 1.29 is 27.0 Å². The van der Waals surface area contributed by atoms with Crippen LogP contribution in [-0.2, 0) is 4.74 Å². The minimum Gasteiger partial charge on any atom is -0.495 e. The molecule has 1 aliphatic heterocycles. The molecule has 3 heterocycles. The highest BCUT2D eigenvalue weighted by molar-refractivity contribution is 6.32.